The average Bonchev–Trinajstić information content (AvgIpc) is 2.08. The van der Waals surface area contributed by atoms with E-state index in [9.17, 15) is 0 Å². The summed E-state index contributed by atoms with van der Waals surface area (Å²) < 4.78 is 10.8. The summed E-state index contributed by atoms with van der Waals surface area (Å²) in [6, 6.07) is 0. The summed E-state index contributed by atoms with van der Waals surface area (Å²) in [6.07, 6.45) is 3.47. The quantitative estimate of drug-likeness (QED) is 0.562. The van der Waals surface area contributed by atoms with Crippen molar-refractivity contribution in [2.24, 2.45) is 5.41 Å². The van der Waals surface area contributed by atoms with Gasteiger partial charge in [-0.3, -0.25) is 0 Å². The van der Waals surface area contributed by atoms with Crippen LogP contribution in [-0.2, 0) is 9.47 Å². The van der Waals surface area contributed by atoms with Gasteiger partial charge >= 0.3 is 0 Å². The highest BCUT2D eigenvalue weighted by Gasteiger charge is 2.08. The van der Waals surface area contributed by atoms with Crippen LogP contribution in [0.25, 0.3) is 0 Å². The lowest BCUT2D eigenvalue weighted by Gasteiger charge is -2.17. The maximum Gasteiger partial charge on any atom is 0.0700 e. The van der Waals surface area contributed by atoms with Crippen LogP contribution >= 0.6 is 0 Å². The van der Waals surface area contributed by atoms with Crippen LogP contribution in [0.5, 0.6) is 0 Å². The van der Waals surface area contributed by atoms with E-state index in [0.717, 1.165) is 39.3 Å². The van der Waals surface area contributed by atoms with Crippen LogP contribution in [0.15, 0.2) is 0 Å². The van der Waals surface area contributed by atoms with Crippen molar-refractivity contribution in [1.29, 1.82) is 0 Å². The molecule has 2 heteroatoms. The van der Waals surface area contributed by atoms with Crippen LogP contribution in [0.4, 0.5) is 0 Å². The highest BCUT2D eigenvalue weighted by atomic mass is 16.5. The standard InChI is InChI=1S/C12H26O2/c1-5-6-8-13-10-11-14-9-7-12(2,3)4/h5-11H2,1-4H3. The Kier molecular flexibility index (Phi) is 8.20. The minimum Gasteiger partial charge on any atom is -0.379 e. The normalized spacial score (nSPS) is 12.0. The Morgan fingerprint density at radius 3 is 1.93 bits per heavy atom. The Morgan fingerprint density at radius 2 is 1.43 bits per heavy atom. The van der Waals surface area contributed by atoms with E-state index < -0.39 is 0 Å². The van der Waals surface area contributed by atoms with E-state index in [-0.39, 0.29) is 0 Å². The molecule has 0 aromatic rings. The van der Waals surface area contributed by atoms with E-state index >= 15 is 0 Å². The SMILES string of the molecule is CCCCOCCOCCC(C)(C)C. The van der Waals surface area contributed by atoms with Crippen molar-refractivity contribution in [2.45, 2.75) is 47.0 Å². The van der Waals surface area contributed by atoms with Gasteiger partial charge < -0.3 is 9.47 Å². The molecule has 0 atom stereocenters. The third-order valence-electron chi connectivity index (χ3n) is 2.01. The van der Waals surface area contributed by atoms with E-state index in [4.69, 9.17) is 9.47 Å². The highest BCUT2D eigenvalue weighted by molar-refractivity contribution is 4.59. The lowest BCUT2D eigenvalue weighted by molar-refractivity contribution is 0.0379. The Balaban J connectivity index is 2.99. The molecule has 0 aromatic carbocycles. The Bertz CT molecular complexity index is 116. The molecule has 0 radical (unpaired) electrons. The van der Waals surface area contributed by atoms with Crippen molar-refractivity contribution in [3.05, 3.63) is 0 Å². The predicted molar refractivity (Wildman–Crippen MR) is 60.6 cm³/mol. The Labute approximate surface area is 89.0 Å². The van der Waals surface area contributed by atoms with Crippen LogP contribution in [0.1, 0.15) is 47.0 Å². The van der Waals surface area contributed by atoms with Gasteiger partial charge in [0.05, 0.1) is 13.2 Å². The number of rotatable bonds is 8. The zero-order chi connectivity index (χ0) is 10.9. The summed E-state index contributed by atoms with van der Waals surface area (Å²) in [6.45, 7) is 12.1. The lowest BCUT2D eigenvalue weighted by atomic mass is 9.93. The summed E-state index contributed by atoms with van der Waals surface area (Å²) in [4.78, 5) is 0. The van der Waals surface area contributed by atoms with Gasteiger partial charge in [-0.2, -0.15) is 0 Å². The molecule has 0 bridgehead atoms. The van der Waals surface area contributed by atoms with Gasteiger partial charge in [0.1, 0.15) is 0 Å². The molecule has 0 saturated carbocycles. The van der Waals surface area contributed by atoms with E-state index in [1.165, 1.54) is 6.42 Å². The molecule has 14 heavy (non-hydrogen) atoms. The van der Waals surface area contributed by atoms with Crippen molar-refractivity contribution in [3.8, 4) is 0 Å². The molecule has 2 nitrogen and oxygen atoms in total. The van der Waals surface area contributed by atoms with Gasteiger partial charge in [0.25, 0.3) is 0 Å². The second-order valence-electron chi connectivity index (χ2n) is 4.89. The number of hydrogen-bond acceptors (Lipinski definition) is 2. The number of unbranched alkanes of at least 4 members (excludes halogenated alkanes) is 1. The first-order valence-corrected chi connectivity index (χ1v) is 5.72. The van der Waals surface area contributed by atoms with E-state index in [1.807, 2.05) is 0 Å². The minimum atomic E-state index is 0.378. The molecule has 0 rings (SSSR count). The van der Waals surface area contributed by atoms with Crippen LogP contribution in [0.3, 0.4) is 0 Å². The van der Waals surface area contributed by atoms with Crippen molar-refractivity contribution in [3.63, 3.8) is 0 Å². The van der Waals surface area contributed by atoms with Crippen molar-refractivity contribution >= 4 is 0 Å². The smallest absolute Gasteiger partial charge is 0.0700 e. The largest absolute Gasteiger partial charge is 0.379 e. The second kappa shape index (κ2) is 8.25. The van der Waals surface area contributed by atoms with E-state index in [0.29, 0.717) is 5.41 Å². The molecule has 86 valence electrons. The summed E-state index contributed by atoms with van der Waals surface area (Å²) in [5.41, 5.74) is 0.378. The third-order valence-corrected chi connectivity index (χ3v) is 2.01. The molecule has 0 amide bonds. The molecular weight excluding hydrogens is 176 g/mol. The Hall–Kier alpha value is -0.0800. The Morgan fingerprint density at radius 1 is 0.857 bits per heavy atom. The predicted octanol–water partition coefficient (Wildman–Crippen LogP) is 3.26. The van der Waals surface area contributed by atoms with Crippen molar-refractivity contribution in [1.82, 2.24) is 0 Å². The fraction of sp³-hybridized carbons (Fsp3) is 1.00. The number of ether oxygens (including phenoxy) is 2. The first kappa shape index (κ1) is 13.9. The molecule has 0 fully saturated rings. The molecule has 0 aliphatic heterocycles. The molecule has 0 aliphatic rings. The van der Waals surface area contributed by atoms with Crippen LogP contribution in [0, 0.1) is 5.41 Å². The van der Waals surface area contributed by atoms with Crippen molar-refractivity contribution in [2.75, 3.05) is 26.4 Å². The van der Waals surface area contributed by atoms with Gasteiger partial charge in [0.2, 0.25) is 0 Å². The molecule has 0 unspecified atom stereocenters. The molecular formula is C12H26O2. The minimum absolute atomic E-state index is 0.378. The summed E-state index contributed by atoms with van der Waals surface area (Å²) in [5.74, 6) is 0. The zero-order valence-electron chi connectivity index (χ0n) is 10.3. The van der Waals surface area contributed by atoms with Gasteiger partial charge in [-0.05, 0) is 18.3 Å². The first-order chi connectivity index (χ1) is 6.56. The fourth-order valence-electron chi connectivity index (χ4n) is 0.947. The first-order valence-electron chi connectivity index (χ1n) is 5.72. The number of hydrogen-bond donors (Lipinski definition) is 0. The third kappa shape index (κ3) is 11.9. The maximum atomic E-state index is 5.46. The molecule has 0 aliphatic carbocycles. The van der Waals surface area contributed by atoms with Crippen LogP contribution < -0.4 is 0 Å². The lowest BCUT2D eigenvalue weighted by Crippen LogP contribution is -2.12. The van der Waals surface area contributed by atoms with Crippen molar-refractivity contribution < 1.29 is 9.47 Å². The van der Waals surface area contributed by atoms with Gasteiger partial charge in [-0.1, -0.05) is 34.1 Å². The summed E-state index contributed by atoms with van der Waals surface area (Å²) in [5, 5.41) is 0. The highest BCUT2D eigenvalue weighted by Crippen LogP contribution is 2.17. The van der Waals surface area contributed by atoms with Gasteiger partial charge in [-0.25, -0.2) is 0 Å². The molecule has 0 N–H and O–H groups in total. The van der Waals surface area contributed by atoms with Gasteiger partial charge in [0.15, 0.2) is 0 Å². The monoisotopic (exact) mass is 202 g/mol. The van der Waals surface area contributed by atoms with Gasteiger partial charge in [0, 0.05) is 13.2 Å². The van der Waals surface area contributed by atoms with E-state index in [1.54, 1.807) is 0 Å². The van der Waals surface area contributed by atoms with E-state index in [2.05, 4.69) is 27.7 Å². The molecule has 0 aromatic heterocycles. The summed E-state index contributed by atoms with van der Waals surface area (Å²) in [7, 11) is 0. The fourth-order valence-corrected chi connectivity index (χ4v) is 0.947. The molecule has 0 spiro atoms. The topological polar surface area (TPSA) is 18.5 Å². The van der Waals surface area contributed by atoms with Gasteiger partial charge in [-0.15, -0.1) is 0 Å². The molecule has 0 heterocycles. The van der Waals surface area contributed by atoms with Crippen LogP contribution in [-0.4, -0.2) is 26.4 Å². The maximum absolute atomic E-state index is 5.46. The molecule has 0 saturated heterocycles. The second-order valence-corrected chi connectivity index (χ2v) is 4.89. The zero-order valence-corrected chi connectivity index (χ0v) is 10.3. The van der Waals surface area contributed by atoms with Crippen LogP contribution in [0.2, 0.25) is 0 Å². The average molecular weight is 202 g/mol. The summed E-state index contributed by atoms with van der Waals surface area (Å²) >= 11 is 0.